The van der Waals surface area contributed by atoms with Gasteiger partial charge in [0.1, 0.15) is 6.04 Å². The molecule has 9 heteroatoms. The number of hydrogen-bond donors (Lipinski definition) is 2. The molecule has 2 aromatic carbocycles. The van der Waals surface area contributed by atoms with Gasteiger partial charge in [-0.15, -0.1) is 0 Å². The number of rotatable bonds is 8. The summed E-state index contributed by atoms with van der Waals surface area (Å²) in [6.07, 6.45) is 6.53. The van der Waals surface area contributed by atoms with Gasteiger partial charge in [0.2, 0.25) is 15.9 Å². The van der Waals surface area contributed by atoms with Crippen molar-refractivity contribution in [1.82, 2.24) is 5.32 Å². The predicted molar refractivity (Wildman–Crippen MR) is 132 cm³/mol. The number of anilines is 2. The Balaban J connectivity index is 1.85. The van der Waals surface area contributed by atoms with Crippen LogP contribution in [0.3, 0.4) is 0 Å². The summed E-state index contributed by atoms with van der Waals surface area (Å²) in [4.78, 5) is 26.2. The Bertz CT molecular complexity index is 1100. The molecule has 0 unspecified atom stereocenters. The van der Waals surface area contributed by atoms with Crippen LogP contribution in [0.2, 0.25) is 5.02 Å². The van der Waals surface area contributed by atoms with E-state index in [1.54, 1.807) is 49.4 Å². The lowest BCUT2D eigenvalue weighted by molar-refractivity contribution is -0.117. The maximum Gasteiger partial charge on any atom is 0.253 e. The number of carbonyl (C=O) groups excluding carboxylic acids is 2. The van der Waals surface area contributed by atoms with Gasteiger partial charge in [0.25, 0.3) is 5.91 Å². The first-order chi connectivity index (χ1) is 15.7. The Morgan fingerprint density at radius 2 is 1.79 bits per heavy atom. The van der Waals surface area contributed by atoms with Crippen molar-refractivity contribution in [2.24, 2.45) is 0 Å². The van der Waals surface area contributed by atoms with Gasteiger partial charge in [0, 0.05) is 11.1 Å². The average Bonchev–Trinajstić information content (AvgIpc) is 2.77. The molecule has 7 nitrogen and oxygen atoms in total. The fraction of sp³-hybridized carbons (Fsp3) is 0.417. The first kappa shape index (κ1) is 25.1. The van der Waals surface area contributed by atoms with Crippen molar-refractivity contribution in [3.05, 3.63) is 59.1 Å². The van der Waals surface area contributed by atoms with E-state index in [2.05, 4.69) is 10.6 Å². The monoisotopic (exact) mass is 491 g/mol. The normalized spacial score (nSPS) is 15.5. The molecule has 2 amide bonds. The highest BCUT2D eigenvalue weighted by atomic mass is 35.5. The van der Waals surface area contributed by atoms with Crippen LogP contribution in [0, 0.1) is 0 Å². The summed E-state index contributed by atoms with van der Waals surface area (Å²) in [5.41, 5.74) is 0.990. The molecule has 1 fully saturated rings. The van der Waals surface area contributed by atoms with Crippen LogP contribution in [0.15, 0.2) is 48.5 Å². The smallest absolute Gasteiger partial charge is 0.253 e. The lowest BCUT2D eigenvalue weighted by Gasteiger charge is -2.30. The number of carbonyl (C=O) groups is 2. The molecule has 0 radical (unpaired) electrons. The SMILES string of the molecule is CC[C@@H](C(=O)Nc1ccccc1C(=O)NC1CCCCC1)N(c1cccc(Cl)c1)S(C)(=O)=O. The second kappa shape index (κ2) is 11.0. The van der Waals surface area contributed by atoms with Crippen molar-refractivity contribution in [2.45, 2.75) is 57.5 Å². The maximum absolute atomic E-state index is 13.3. The molecule has 0 heterocycles. The number of sulfonamides is 1. The van der Waals surface area contributed by atoms with Gasteiger partial charge < -0.3 is 10.6 Å². The number of halogens is 1. The molecule has 33 heavy (non-hydrogen) atoms. The number of nitrogens with zero attached hydrogens (tertiary/aromatic N) is 1. The second-order valence-corrected chi connectivity index (χ2v) is 10.6. The molecule has 0 spiro atoms. The van der Waals surface area contributed by atoms with Gasteiger partial charge >= 0.3 is 0 Å². The lowest BCUT2D eigenvalue weighted by atomic mass is 9.95. The predicted octanol–water partition coefficient (Wildman–Crippen LogP) is 4.59. The van der Waals surface area contributed by atoms with Crippen LogP contribution >= 0.6 is 11.6 Å². The topological polar surface area (TPSA) is 95.6 Å². The third kappa shape index (κ3) is 6.48. The number of hydrogen-bond acceptors (Lipinski definition) is 4. The van der Waals surface area contributed by atoms with Gasteiger partial charge in [0.15, 0.2) is 0 Å². The molecule has 0 bridgehead atoms. The zero-order chi connectivity index (χ0) is 24.0. The molecule has 178 valence electrons. The summed E-state index contributed by atoms with van der Waals surface area (Å²) in [5.74, 6) is -0.776. The largest absolute Gasteiger partial charge is 0.349 e. The Labute approximate surface area is 200 Å². The van der Waals surface area contributed by atoms with E-state index in [0.29, 0.717) is 22.0 Å². The molecule has 2 N–H and O–H groups in total. The third-order valence-corrected chi connectivity index (χ3v) is 7.18. The van der Waals surface area contributed by atoms with Gasteiger partial charge in [-0.1, -0.05) is 56.0 Å². The summed E-state index contributed by atoms with van der Waals surface area (Å²) in [6, 6.07) is 12.2. The quantitative estimate of drug-likeness (QED) is 0.564. The van der Waals surface area contributed by atoms with E-state index in [1.165, 1.54) is 12.5 Å². The minimum absolute atomic E-state index is 0.127. The molecule has 2 aromatic rings. The van der Waals surface area contributed by atoms with E-state index < -0.39 is 22.0 Å². The zero-order valence-electron chi connectivity index (χ0n) is 18.9. The molecule has 1 saturated carbocycles. The van der Waals surface area contributed by atoms with Gasteiger partial charge in [-0.3, -0.25) is 13.9 Å². The van der Waals surface area contributed by atoms with Crippen LogP contribution < -0.4 is 14.9 Å². The second-order valence-electron chi connectivity index (χ2n) is 8.31. The highest BCUT2D eigenvalue weighted by molar-refractivity contribution is 7.92. The summed E-state index contributed by atoms with van der Waals surface area (Å²) in [7, 11) is -3.79. The van der Waals surface area contributed by atoms with Gasteiger partial charge in [-0.05, 0) is 49.6 Å². The van der Waals surface area contributed by atoms with Crippen LogP contribution in [-0.2, 0) is 14.8 Å². The number of amides is 2. The zero-order valence-corrected chi connectivity index (χ0v) is 20.5. The fourth-order valence-corrected chi connectivity index (χ4v) is 5.58. The summed E-state index contributed by atoms with van der Waals surface area (Å²) in [6.45, 7) is 1.73. The maximum atomic E-state index is 13.3. The van der Waals surface area contributed by atoms with Crippen LogP contribution in [0.4, 0.5) is 11.4 Å². The van der Waals surface area contributed by atoms with Crippen LogP contribution in [0.5, 0.6) is 0 Å². The van der Waals surface area contributed by atoms with E-state index in [4.69, 9.17) is 11.6 Å². The molecule has 1 aliphatic rings. The van der Waals surface area contributed by atoms with Gasteiger partial charge in [-0.25, -0.2) is 8.42 Å². The Morgan fingerprint density at radius 1 is 1.09 bits per heavy atom. The summed E-state index contributed by atoms with van der Waals surface area (Å²) >= 11 is 6.07. The highest BCUT2D eigenvalue weighted by Crippen LogP contribution is 2.27. The molecule has 0 aliphatic heterocycles. The standard InChI is InChI=1S/C24H30ClN3O4S/c1-3-22(28(33(2,31)32)19-13-9-10-17(25)16-19)24(30)27-21-15-8-7-14-20(21)23(29)26-18-11-5-4-6-12-18/h7-10,13-16,18,22H,3-6,11-12H2,1-2H3,(H,26,29)(H,27,30)/t22-/m0/s1. The number of benzene rings is 2. The van der Waals surface area contributed by atoms with Crippen LogP contribution in [0.1, 0.15) is 55.8 Å². The fourth-order valence-electron chi connectivity index (χ4n) is 4.19. The van der Waals surface area contributed by atoms with Crippen molar-refractivity contribution in [3.8, 4) is 0 Å². The first-order valence-corrected chi connectivity index (χ1v) is 13.4. The van der Waals surface area contributed by atoms with E-state index in [0.717, 1.165) is 36.2 Å². The van der Waals surface area contributed by atoms with Crippen molar-refractivity contribution in [3.63, 3.8) is 0 Å². The lowest BCUT2D eigenvalue weighted by Crippen LogP contribution is -2.47. The Morgan fingerprint density at radius 3 is 2.42 bits per heavy atom. The van der Waals surface area contributed by atoms with Crippen LogP contribution in [-0.4, -0.2) is 38.6 Å². The molecule has 0 aromatic heterocycles. The minimum Gasteiger partial charge on any atom is -0.349 e. The Hall–Kier alpha value is -2.58. The average molecular weight is 492 g/mol. The van der Waals surface area contributed by atoms with Gasteiger partial charge in [0.05, 0.1) is 23.2 Å². The van der Waals surface area contributed by atoms with Crippen molar-refractivity contribution >= 4 is 44.8 Å². The third-order valence-electron chi connectivity index (χ3n) is 5.76. The minimum atomic E-state index is -3.79. The Kier molecular flexibility index (Phi) is 8.37. The van der Waals surface area contributed by atoms with Crippen molar-refractivity contribution in [1.29, 1.82) is 0 Å². The molecule has 1 aliphatic carbocycles. The molecular formula is C24H30ClN3O4S. The summed E-state index contributed by atoms with van der Waals surface area (Å²) < 4.78 is 26.3. The number of nitrogens with one attached hydrogen (secondary N) is 2. The van der Waals surface area contributed by atoms with Crippen molar-refractivity contribution in [2.75, 3.05) is 15.9 Å². The van der Waals surface area contributed by atoms with E-state index in [1.807, 2.05) is 0 Å². The summed E-state index contributed by atoms with van der Waals surface area (Å²) in [5, 5.41) is 6.20. The van der Waals surface area contributed by atoms with Crippen molar-refractivity contribution < 1.29 is 18.0 Å². The molecule has 3 rings (SSSR count). The van der Waals surface area contributed by atoms with E-state index >= 15 is 0 Å². The molecule has 0 saturated heterocycles. The number of para-hydroxylation sites is 1. The van der Waals surface area contributed by atoms with Gasteiger partial charge in [-0.2, -0.15) is 0 Å². The van der Waals surface area contributed by atoms with E-state index in [9.17, 15) is 18.0 Å². The molecule has 1 atom stereocenters. The van der Waals surface area contributed by atoms with E-state index in [-0.39, 0.29) is 18.4 Å². The van der Waals surface area contributed by atoms with Crippen LogP contribution in [0.25, 0.3) is 0 Å². The highest BCUT2D eigenvalue weighted by Gasteiger charge is 2.32. The molecular weight excluding hydrogens is 462 g/mol. The first-order valence-electron chi connectivity index (χ1n) is 11.2.